The minimum absolute atomic E-state index is 0.441. The number of imidazole rings is 1. The monoisotopic (exact) mass is 309 g/mol. The highest BCUT2D eigenvalue weighted by atomic mass is 35.5. The number of aromatic nitrogens is 3. The molecular formula is C14H20ClN3OSi. The van der Waals surface area contributed by atoms with Crippen molar-refractivity contribution in [2.75, 3.05) is 6.61 Å². The molecule has 6 heteroatoms. The van der Waals surface area contributed by atoms with Gasteiger partial charge >= 0.3 is 0 Å². The van der Waals surface area contributed by atoms with Crippen LogP contribution in [0.5, 0.6) is 0 Å². The minimum Gasteiger partial charge on any atom is -0.361 e. The lowest BCUT2D eigenvalue weighted by Gasteiger charge is -2.15. The smallest absolute Gasteiger partial charge is 0.164 e. The van der Waals surface area contributed by atoms with Crippen LogP contribution in [0.1, 0.15) is 5.56 Å². The Kier molecular flexibility index (Phi) is 4.62. The van der Waals surface area contributed by atoms with Gasteiger partial charge in [0.1, 0.15) is 17.4 Å². The second kappa shape index (κ2) is 6.07. The fraction of sp³-hybridized carbons (Fsp3) is 0.429. The van der Waals surface area contributed by atoms with Gasteiger partial charge in [0.15, 0.2) is 5.65 Å². The molecule has 0 bridgehead atoms. The highest BCUT2D eigenvalue weighted by molar-refractivity contribution is 6.76. The predicted octanol–water partition coefficient (Wildman–Crippen LogP) is 4.04. The number of ether oxygens (including phenoxy) is 1. The van der Waals surface area contributed by atoms with E-state index in [1.54, 1.807) is 18.5 Å². The van der Waals surface area contributed by atoms with Gasteiger partial charge in [-0.3, -0.25) is 4.57 Å². The second-order valence-electron chi connectivity index (χ2n) is 5.97. The number of rotatable bonds is 6. The molecule has 0 aliphatic heterocycles. The van der Waals surface area contributed by atoms with Gasteiger partial charge in [-0.05, 0) is 12.1 Å². The third-order valence-electron chi connectivity index (χ3n) is 3.02. The fourth-order valence-corrected chi connectivity index (χ4v) is 2.77. The van der Waals surface area contributed by atoms with Crippen molar-refractivity contribution in [3.8, 4) is 0 Å². The van der Waals surface area contributed by atoms with Crippen molar-refractivity contribution in [1.82, 2.24) is 14.5 Å². The number of halogens is 1. The molecule has 0 radical (unpaired) electrons. The second-order valence-corrected chi connectivity index (χ2v) is 12.0. The summed E-state index contributed by atoms with van der Waals surface area (Å²) < 4.78 is 7.60. The lowest BCUT2D eigenvalue weighted by atomic mass is 10.2. The molecule has 20 heavy (non-hydrogen) atoms. The van der Waals surface area contributed by atoms with Crippen LogP contribution >= 0.6 is 11.6 Å². The summed E-state index contributed by atoms with van der Waals surface area (Å²) in [5.74, 6) is 0. The van der Waals surface area contributed by atoms with Crippen LogP contribution in [-0.4, -0.2) is 29.2 Å². The van der Waals surface area contributed by atoms with E-state index in [-0.39, 0.29) is 0 Å². The van der Waals surface area contributed by atoms with Gasteiger partial charge in [-0.1, -0.05) is 43.9 Å². The van der Waals surface area contributed by atoms with Gasteiger partial charge in [0.25, 0.3) is 0 Å². The predicted molar refractivity (Wildman–Crippen MR) is 86.7 cm³/mol. The fourth-order valence-electron chi connectivity index (χ4n) is 1.82. The summed E-state index contributed by atoms with van der Waals surface area (Å²) >= 11 is 6.02. The molecule has 0 atom stereocenters. The number of nitrogens with zero attached hydrogens (tertiary/aromatic N) is 3. The quantitative estimate of drug-likeness (QED) is 0.459. The van der Waals surface area contributed by atoms with E-state index in [0.717, 1.165) is 29.4 Å². The number of pyridine rings is 1. The van der Waals surface area contributed by atoms with E-state index < -0.39 is 8.07 Å². The minimum atomic E-state index is -1.06. The van der Waals surface area contributed by atoms with Gasteiger partial charge in [-0.2, -0.15) is 0 Å². The molecule has 2 rings (SSSR count). The molecule has 0 aromatic carbocycles. The summed E-state index contributed by atoms with van der Waals surface area (Å²) in [7, 11) is -1.06. The maximum Gasteiger partial charge on any atom is 0.164 e. The van der Waals surface area contributed by atoms with E-state index in [1.807, 2.05) is 4.57 Å². The molecule has 0 N–H and O–H groups in total. The zero-order valence-corrected chi connectivity index (χ0v) is 13.9. The first-order chi connectivity index (χ1) is 9.40. The summed E-state index contributed by atoms with van der Waals surface area (Å²) in [6.45, 7) is 12.0. The van der Waals surface area contributed by atoms with E-state index >= 15 is 0 Å². The molecule has 0 spiro atoms. The van der Waals surface area contributed by atoms with Crippen molar-refractivity contribution in [1.29, 1.82) is 0 Å². The molecule has 0 aliphatic rings. The Morgan fingerprint density at radius 3 is 2.85 bits per heavy atom. The van der Waals surface area contributed by atoms with E-state index in [0.29, 0.717) is 11.9 Å². The van der Waals surface area contributed by atoms with E-state index in [1.165, 1.54) is 0 Å². The molecule has 0 fully saturated rings. The van der Waals surface area contributed by atoms with E-state index in [9.17, 15) is 0 Å². The molecule has 0 unspecified atom stereocenters. The molecule has 2 aromatic rings. The summed E-state index contributed by atoms with van der Waals surface area (Å²) in [6, 6.07) is 2.91. The van der Waals surface area contributed by atoms with Crippen LogP contribution in [0.3, 0.4) is 0 Å². The van der Waals surface area contributed by atoms with Crippen LogP contribution in [0.4, 0.5) is 0 Å². The molecule has 108 valence electrons. The van der Waals surface area contributed by atoms with Crippen LogP contribution in [0.15, 0.2) is 19.0 Å². The van der Waals surface area contributed by atoms with Gasteiger partial charge < -0.3 is 4.74 Å². The van der Waals surface area contributed by atoms with Crippen molar-refractivity contribution < 1.29 is 4.74 Å². The standard InChI is InChI=1S/C14H20ClN3OSi/c1-5-11-8-12(15)17-14-13(11)16-9-18(14)10-19-6-7-20(2,3)4/h5,8-9H,1,6-7,10H2,2-4H3. The third kappa shape index (κ3) is 3.68. The third-order valence-corrected chi connectivity index (χ3v) is 4.92. The van der Waals surface area contributed by atoms with Crippen LogP contribution in [0.2, 0.25) is 30.8 Å². The van der Waals surface area contributed by atoms with Gasteiger partial charge in [-0.25, -0.2) is 9.97 Å². The molecule has 2 aromatic heterocycles. The van der Waals surface area contributed by atoms with Crippen LogP contribution in [0, 0.1) is 0 Å². The topological polar surface area (TPSA) is 39.9 Å². The Hall–Kier alpha value is -1.17. The van der Waals surface area contributed by atoms with Gasteiger partial charge in [-0.15, -0.1) is 0 Å². The van der Waals surface area contributed by atoms with Gasteiger partial charge in [0, 0.05) is 20.2 Å². The Morgan fingerprint density at radius 1 is 1.45 bits per heavy atom. The number of hydrogen-bond donors (Lipinski definition) is 0. The summed E-state index contributed by atoms with van der Waals surface area (Å²) in [4.78, 5) is 8.68. The molecular weight excluding hydrogens is 290 g/mol. The Labute approximate surface area is 125 Å². The van der Waals surface area contributed by atoms with Gasteiger partial charge in [0.05, 0.1) is 6.33 Å². The highest BCUT2D eigenvalue weighted by Gasteiger charge is 2.13. The van der Waals surface area contributed by atoms with E-state index in [4.69, 9.17) is 16.3 Å². The first kappa shape index (κ1) is 15.2. The summed E-state index contributed by atoms with van der Waals surface area (Å²) in [5.41, 5.74) is 2.43. The van der Waals surface area contributed by atoms with E-state index in [2.05, 4.69) is 36.2 Å². The van der Waals surface area contributed by atoms with Crippen molar-refractivity contribution in [2.24, 2.45) is 0 Å². The van der Waals surface area contributed by atoms with Crippen LogP contribution in [0.25, 0.3) is 17.2 Å². The maximum atomic E-state index is 6.02. The number of hydrogen-bond acceptors (Lipinski definition) is 3. The zero-order chi connectivity index (χ0) is 14.8. The average Bonchev–Trinajstić information content (AvgIpc) is 2.75. The highest BCUT2D eigenvalue weighted by Crippen LogP contribution is 2.20. The molecule has 0 aliphatic carbocycles. The van der Waals surface area contributed by atoms with Gasteiger partial charge in [0.2, 0.25) is 0 Å². The van der Waals surface area contributed by atoms with Crippen molar-refractivity contribution in [3.05, 3.63) is 29.7 Å². The van der Waals surface area contributed by atoms with Crippen molar-refractivity contribution in [3.63, 3.8) is 0 Å². The lowest BCUT2D eigenvalue weighted by molar-refractivity contribution is 0.0895. The first-order valence-electron chi connectivity index (χ1n) is 6.62. The molecule has 0 saturated heterocycles. The largest absolute Gasteiger partial charge is 0.361 e. The molecule has 4 nitrogen and oxygen atoms in total. The normalized spacial score (nSPS) is 12.0. The Bertz CT molecular complexity index is 619. The summed E-state index contributed by atoms with van der Waals surface area (Å²) in [5, 5.41) is 0.441. The van der Waals surface area contributed by atoms with Crippen molar-refractivity contribution >= 4 is 36.9 Å². The van der Waals surface area contributed by atoms with Crippen molar-refractivity contribution in [2.45, 2.75) is 32.4 Å². The van der Waals surface area contributed by atoms with Crippen LogP contribution in [-0.2, 0) is 11.5 Å². The maximum absolute atomic E-state index is 6.02. The molecule has 2 heterocycles. The van der Waals surface area contributed by atoms with Crippen LogP contribution < -0.4 is 0 Å². The number of fused-ring (bicyclic) bond motifs is 1. The summed E-state index contributed by atoms with van der Waals surface area (Å²) in [6.07, 6.45) is 3.47. The Morgan fingerprint density at radius 2 is 2.20 bits per heavy atom. The zero-order valence-electron chi connectivity index (χ0n) is 12.2. The first-order valence-corrected chi connectivity index (χ1v) is 10.7. The molecule has 0 amide bonds. The lowest BCUT2D eigenvalue weighted by Crippen LogP contribution is -2.22. The Balaban J connectivity index is 2.11. The average molecular weight is 310 g/mol. The SMILES string of the molecule is C=Cc1cc(Cl)nc2c1ncn2COCC[Si](C)(C)C. The molecule has 0 saturated carbocycles.